The summed E-state index contributed by atoms with van der Waals surface area (Å²) in [6.07, 6.45) is 0. The minimum Gasteiger partial charge on any atom is -0.303 e. The monoisotopic (exact) mass is 282 g/mol. The molecule has 5 heteroatoms. The number of aryl methyl sites for hydroxylation is 2. The molecule has 0 unspecified atom stereocenters. The van der Waals surface area contributed by atoms with Crippen LogP contribution in [-0.2, 0) is 6.54 Å². The summed E-state index contributed by atoms with van der Waals surface area (Å²) in [5, 5.41) is 11.1. The highest BCUT2D eigenvalue weighted by atomic mass is 16.6. The molecule has 0 atom stereocenters. The summed E-state index contributed by atoms with van der Waals surface area (Å²) in [6, 6.07) is 10.5. The van der Waals surface area contributed by atoms with Crippen molar-refractivity contribution < 1.29 is 9.72 Å². The van der Waals surface area contributed by atoms with E-state index in [-0.39, 0.29) is 18.1 Å². The van der Waals surface area contributed by atoms with E-state index in [1.807, 2.05) is 32.0 Å². The molecule has 0 saturated carbocycles. The third kappa shape index (κ3) is 1.98. The molecule has 0 radical (unpaired) electrons. The zero-order valence-electron chi connectivity index (χ0n) is 11.8. The Balaban J connectivity index is 2.13. The molecular formula is C16H14N2O3. The topological polar surface area (TPSA) is 63.4 Å². The van der Waals surface area contributed by atoms with Crippen LogP contribution in [0.25, 0.3) is 0 Å². The van der Waals surface area contributed by atoms with Crippen molar-refractivity contribution >= 4 is 17.3 Å². The SMILES string of the molecule is Cc1cccc(C)c1N1Cc2c(cccc2[N+](=O)[O-])C1=O. The first-order valence-electron chi connectivity index (χ1n) is 6.65. The van der Waals surface area contributed by atoms with Crippen molar-refractivity contribution in [3.05, 3.63) is 68.8 Å². The number of hydrogen-bond donors (Lipinski definition) is 0. The van der Waals surface area contributed by atoms with Gasteiger partial charge in [0.25, 0.3) is 11.6 Å². The van der Waals surface area contributed by atoms with Gasteiger partial charge in [0, 0.05) is 6.07 Å². The zero-order chi connectivity index (χ0) is 15.1. The fraction of sp³-hybridized carbons (Fsp3) is 0.188. The number of amides is 1. The molecule has 2 aromatic rings. The molecule has 0 saturated heterocycles. The quantitative estimate of drug-likeness (QED) is 0.626. The van der Waals surface area contributed by atoms with Crippen LogP contribution in [0.4, 0.5) is 11.4 Å². The fourth-order valence-corrected chi connectivity index (χ4v) is 2.90. The molecule has 2 aromatic carbocycles. The highest BCUT2D eigenvalue weighted by molar-refractivity contribution is 6.11. The molecule has 106 valence electrons. The van der Waals surface area contributed by atoms with Gasteiger partial charge in [0.1, 0.15) is 0 Å². The second-order valence-electron chi connectivity index (χ2n) is 5.19. The number of benzene rings is 2. The van der Waals surface area contributed by atoms with Crippen molar-refractivity contribution in [3.8, 4) is 0 Å². The molecule has 1 amide bonds. The maximum atomic E-state index is 12.6. The van der Waals surface area contributed by atoms with E-state index < -0.39 is 4.92 Å². The van der Waals surface area contributed by atoms with Crippen LogP contribution in [0, 0.1) is 24.0 Å². The van der Waals surface area contributed by atoms with E-state index in [1.165, 1.54) is 6.07 Å². The number of carbonyl (C=O) groups excluding carboxylic acids is 1. The molecule has 1 heterocycles. The second-order valence-corrected chi connectivity index (χ2v) is 5.19. The molecule has 0 bridgehead atoms. The third-order valence-corrected chi connectivity index (χ3v) is 3.85. The van der Waals surface area contributed by atoms with Gasteiger partial charge in [0.15, 0.2) is 0 Å². The Kier molecular flexibility index (Phi) is 2.97. The summed E-state index contributed by atoms with van der Waals surface area (Å²) in [4.78, 5) is 24.9. The molecule has 0 aliphatic carbocycles. The summed E-state index contributed by atoms with van der Waals surface area (Å²) >= 11 is 0. The largest absolute Gasteiger partial charge is 0.303 e. The van der Waals surface area contributed by atoms with Gasteiger partial charge < -0.3 is 4.90 Å². The van der Waals surface area contributed by atoms with E-state index in [2.05, 4.69) is 0 Å². The van der Waals surface area contributed by atoms with Crippen molar-refractivity contribution in [2.24, 2.45) is 0 Å². The Morgan fingerprint density at radius 2 is 1.71 bits per heavy atom. The van der Waals surface area contributed by atoms with E-state index in [1.54, 1.807) is 17.0 Å². The average Bonchev–Trinajstić information content (AvgIpc) is 2.76. The molecule has 1 aliphatic heterocycles. The van der Waals surface area contributed by atoms with Crippen LogP contribution >= 0.6 is 0 Å². The van der Waals surface area contributed by atoms with E-state index in [9.17, 15) is 14.9 Å². The Morgan fingerprint density at radius 3 is 2.33 bits per heavy atom. The second kappa shape index (κ2) is 4.70. The average molecular weight is 282 g/mol. The Morgan fingerprint density at radius 1 is 1.10 bits per heavy atom. The summed E-state index contributed by atoms with van der Waals surface area (Å²) in [5.41, 5.74) is 3.74. The van der Waals surface area contributed by atoms with Crippen LogP contribution in [0.15, 0.2) is 36.4 Å². The van der Waals surface area contributed by atoms with E-state index in [0.29, 0.717) is 11.1 Å². The lowest BCUT2D eigenvalue weighted by atomic mass is 10.1. The molecular weight excluding hydrogens is 268 g/mol. The Bertz CT molecular complexity index is 748. The predicted molar refractivity (Wildman–Crippen MR) is 79.5 cm³/mol. The lowest BCUT2D eigenvalue weighted by Crippen LogP contribution is -2.24. The van der Waals surface area contributed by atoms with Gasteiger partial charge in [0.05, 0.1) is 28.3 Å². The highest BCUT2D eigenvalue weighted by Crippen LogP contribution is 2.36. The number of carbonyl (C=O) groups is 1. The molecule has 5 nitrogen and oxygen atoms in total. The molecule has 3 rings (SSSR count). The van der Waals surface area contributed by atoms with Crippen LogP contribution in [0.1, 0.15) is 27.0 Å². The van der Waals surface area contributed by atoms with Gasteiger partial charge in [-0.15, -0.1) is 0 Å². The summed E-state index contributed by atoms with van der Waals surface area (Å²) in [7, 11) is 0. The maximum Gasteiger partial charge on any atom is 0.275 e. The molecule has 0 fully saturated rings. The summed E-state index contributed by atoms with van der Waals surface area (Å²) in [5.74, 6) is -0.175. The van der Waals surface area contributed by atoms with E-state index >= 15 is 0 Å². The highest BCUT2D eigenvalue weighted by Gasteiger charge is 2.34. The van der Waals surface area contributed by atoms with Crippen molar-refractivity contribution in [1.29, 1.82) is 0 Å². The number of fused-ring (bicyclic) bond motifs is 1. The van der Waals surface area contributed by atoms with Crippen LogP contribution in [0.3, 0.4) is 0 Å². The minimum absolute atomic E-state index is 0.00888. The number of nitrogens with zero attached hydrogens (tertiary/aromatic N) is 2. The lowest BCUT2D eigenvalue weighted by molar-refractivity contribution is -0.385. The van der Waals surface area contributed by atoms with E-state index in [4.69, 9.17) is 0 Å². The van der Waals surface area contributed by atoms with Crippen LogP contribution < -0.4 is 4.90 Å². The fourth-order valence-electron chi connectivity index (χ4n) is 2.90. The smallest absolute Gasteiger partial charge is 0.275 e. The van der Waals surface area contributed by atoms with Crippen molar-refractivity contribution in [3.63, 3.8) is 0 Å². The molecule has 0 N–H and O–H groups in total. The number of nitro benzene ring substituents is 1. The van der Waals surface area contributed by atoms with Gasteiger partial charge in [-0.05, 0) is 31.0 Å². The zero-order valence-corrected chi connectivity index (χ0v) is 11.8. The van der Waals surface area contributed by atoms with E-state index in [0.717, 1.165) is 16.8 Å². The van der Waals surface area contributed by atoms with Gasteiger partial charge >= 0.3 is 0 Å². The van der Waals surface area contributed by atoms with Crippen molar-refractivity contribution in [2.45, 2.75) is 20.4 Å². The van der Waals surface area contributed by atoms with Gasteiger partial charge in [0.2, 0.25) is 0 Å². The lowest BCUT2D eigenvalue weighted by Gasteiger charge is -2.20. The predicted octanol–water partition coefficient (Wildman–Crippen LogP) is 3.37. The molecule has 0 aromatic heterocycles. The first-order valence-corrected chi connectivity index (χ1v) is 6.65. The summed E-state index contributed by atoms with van der Waals surface area (Å²) in [6.45, 7) is 4.12. The Hall–Kier alpha value is -2.69. The van der Waals surface area contributed by atoms with Crippen LogP contribution in [0.5, 0.6) is 0 Å². The van der Waals surface area contributed by atoms with Gasteiger partial charge in [-0.25, -0.2) is 0 Å². The number of nitro groups is 1. The first-order chi connectivity index (χ1) is 10.0. The van der Waals surface area contributed by atoms with Crippen LogP contribution in [0.2, 0.25) is 0 Å². The van der Waals surface area contributed by atoms with Gasteiger partial charge in [-0.2, -0.15) is 0 Å². The summed E-state index contributed by atoms with van der Waals surface area (Å²) < 4.78 is 0. The number of rotatable bonds is 2. The number of anilines is 1. The minimum atomic E-state index is -0.430. The molecule has 0 spiro atoms. The van der Waals surface area contributed by atoms with Crippen LogP contribution in [-0.4, -0.2) is 10.8 Å². The number of hydrogen-bond acceptors (Lipinski definition) is 3. The van der Waals surface area contributed by atoms with Crippen molar-refractivity contribution in [2.75, 3.05) is 4.90 Å². The van der Waals surface area contributed by atoms with Gasteiger partial charge in [-0.1, -0.05) is 24.3 Å². The normalized spacial score (nSPS) is 13.4. The first kappa shape index (κ1) is 13.3. The Labute approximate surface area is 122 Å². The molecule has 21 heavy (non-hydrogen) atoms. The standard InChI is InChI=1S/C16H14N2O3/c1-10-5-3-6-11(2)15(10)17-9-13-12(16(17)19)7-4-8-14(13)18(20)21/h3-8H,9H2,1-2H3. The number of para-hydroxylation sites is 1. The van der Waals surface area contributed by atoms with Crippen molar-refractivity contribution in [1.82, 2.24) is 0 Å². The third-order valence-electron chi connectivity index (χ3n) is 3.85. The maximum absolute atomic E-state index is 12.6. The molecule has 1 aliphatic rings. The van der Waals surface area contributed by atoms with Gasteiger partial charge in [-0.3, -0.25) is 14.9 Å².